The van der Waals surface area contributed by atoms with Crippen LogP contribution in [0, 0.1) is 0 Å². The van der Waals surface area contributed by atoms with Gasteiger partial charge in [-0.05, 0) is 60.8 Å². The number of carboxylic acids is 1. The van der Waals surface area contributed by atoms with Crippen LogP contribution in [0.2, 0.25) is 0 Å². The van der Waals surface area contributed by atoms with Gasteiger partial charge in [-0.2, -0.15) is 0 Å². The monoisotopic (exact) mass is 700 g/mol. The van der Waals surface area contributed by atoms with Crippen LogP contribution in [0.15, 0.2) is 0 Å². The Kier molecular flexibility index (Phi) is 26.5. The van der Waals surface area contributed by atoms with Gasteiger partial charge in [-0.3, -0.25) is 14.4 Å². The number of hydrogen-bond donors (Lipinski definition) is 3. The Labute approximate surface area is 295 Å². The molecule has 0 aromatic heterocycles. The highest BCUT2D eigenvalue weighted by molar-refractivity contribution is 5.85. The topological polar surface area (TPSA) is 167 Å². The van der Waals surface area contributed by atoms with Crippen molar-refractivity contribution >= 4 is 29.7 Å². The van der Waals surface area contributed by atoms with E-state index >= 15 is 0 Å². The molecule has 0 heterocycles. The molecule has 0 bridgehead atoms. The first-order chi connectivity index (χ1) is 23.1. The van der Waals surface area contributed by atoms with Crippen LogP contribution in [0.5, 0.6) is 0 Å². The standard InChI is InChI=1S/C37H68N2O10/c1-36(2,3)48-34(44)22-20-18-16-14-12-10-8-7-9-11-13-15-17-19-21-32(41)39-30(35(45)49-37(4,5)6)23-24-31(40)38-25-26-46-27-28-47-29-33(42)43/h30H,7-29H2,1-6H3,(H,38,40)(H,39,41)(H,42,43). The maximum Gasteiger partial charge on any atom is 0.329 e. The predicted molar refractivity (Wildman–Crippen MR) is 189 cm³/mol. The molecule has 0 fully saturated rings. The molecule has 3 N–H and O–H groups in total. The van der Waals surface area contributed by atoms with Crippen LogP contribution in [0.3, 0.4) is 0 Å². The molecule has 0 aromatic rings. The lowest BCUT2D eigenvalue weighted by molar-refractivity contribution is -0.159. The fourth-order valence-corrected chi connectivity index (χ4v) is 4.96. The maximum absolute atomic E-state index is 12.8. The summed E-state index contributed by atoms with van der Waals surface area (Å²) < 4.78 is 21.0. The molecule has 12 nitrogen and oxygen atoms in total. The average molecular weight is 701 g/mol. The molecule has 0 saturated heterocycles. The lowest BCUT2D eigenvalue weighted by atomic mass is 10.0. The van der Waals surface area contributed by atoms with Crippen molar-refractivity contribution in [1.29, 1.82) is 0 Å². The van der Waals surface area contributed by atoms with Gasteiger partial charge in [-0.1, -0.05) is 77.0 Å². The number of hydrogen-bond acceptors (Lipinski definition) is 9. The van der Waals surface area contributed by atoms with Gasteiger partial charge in [-0.15, -0.1) is 0 Å². The third-order valence-corrected chi connectivity index (χ3v) is 7.31. The summed E-state index contributed by atoms with van der Waals surface area (Å²) in [6.07, 6.45) is 16.8. The number of nitrogens with one attached hydrogen (secondary N) is 2. The summed E-state index contributed by atoms with van der Waals surface area (Å²) in [6.45, 7) is 11.4. The van der Waals surface area contributed by atoms with E-state index in [9.17, 15) is 24.0 Å². The first-order valence-corrected chi connectivity index (χ1v) is 18.5. The Bertz CT molecular complexity index is 927. The molecule has 286 valence electrons. The van der Waals surface area contributed by atoms with E-state index in [1.807, 2.05) is 20.8 Å². The fourth-order valence-electron chi connectivity index (χ4n) is 4.96. The van der Waals surface area contributed by atoms with E-state index in [1.54, 1.807) is 20.8 Å². The van der Waals surface area contributed by atoms with Crippen molar-refractivity contribution in [2.45, 2.75) is 174 Å². The minimum Gasteiger partial charge on any atom is -0.480 e. The smallest absolute Gasteiger partial charge is 0.329 e. The normalized spacial score (nSPS) is 12.3. The largest absolute Gasteiger partial charge is 0.480 e. The van der Waals surface area contributed by atoms with Crippen molar-refractivity contribution in [3.05, 3.63) is 0 Å². The molecule has 0 rings (SSSR count). The fraction of sp³-hybridized carbons (Fsp3) is 0.865. The Morgan fingerprint density at radius 1 is 0.571 bits per heavy atom. The third-order valence-electron chi connectivity index (χ3n) is 7.31. The molecular weight excluding hydrogens is 632 g/mol. The number of unbranched alkanes of at least 4 members (excludes halogenated alkanes) is 13. The van der Waals surface area contributed by atoms with Crippen LogP contribution in [0.4, 0.5) is 0 Å². The number of amides is 2. The Morgan fingerprint density at radius 2 is 1.04 bits per heavy atom. The molecule has 0 aromatic carbocycles. The van der Waals surface area contributed by atoms with E-state index in [-0.39, 0.29) is 63.6 Å². The second-order valence-corrected chi connectivity index (χ2v) is 14.6. The molecule has 0 aliphatic carbocycles. The van der Waals surface area contributed by atoms with Crippen LogP contribution in [-0.4, -0.2) is 85.0 Å². The van der Waals surface area contributed by atoms with Gasteiger partial charge in [0.05, 0.1) is 19.8 Å². The summed E-state index contributed by atoms with van der Waals surface area (Å²) in [5.41, 5.74) is -1.12. The van der Waals surface area contributed by atoms with Crippen LogP contribution in [-0.2, 0) is 42.9 Å². The van der Waals surface area contributed by atoms with Crippen molar-refractivity contribution < 1.29 is 48.0 Å². The minimum absolute atomic E-state index is 0.0310. The molecule has 0 saturated carbocycles. The molecule has 0 spiro atoms. The number of esters is 2. The zero-order valence-corrected chi connectivity index (χ0v) is 31.5. The summed E-state index contributed by atoms with van der Waals surface area (Å²) >= 11 is 0. The highest BCUT2D eigenvalue weighted by Crippen LogP contribution is 2.16. The van der Waals surface area contributed by atoms with Crippen LogP contribution in [0.25, 0.3) is 0 Å². The van der Waals surface area contributed by atoms with Crippen molar-refractivity contribution in [1.82, 2.24) is 10.6 Å². The Balaban J connectivity index is 4.00. The van der Waals surface area contributed by atoms with Gasteiger partial charge in [0.15, 0.2) is 0 Å². The van der Waals surface area contributed by atoms with Crippen molar-refractivity contribution in [2.24, 2.45) is 0 Å². The van der Waals surface area contributed by atoms with E-state index in [0.29, 0.717) is 12.8 Å². The van der Waals surface area contributed by atoms with Crippen molar-refractivity contribution in [2.75, 3.05) is 33.0 Å². The molecule has 0 radical (unpaired) electrons. The summed E-state index contributed by atoms with van der Waals surface area (Å²) in [6, 6.07) is -0.913. The molecule has 12 heteroatoms. The molecule has 0 aliphatic rings. The molecule has 1 atom stereocenters. The van der Waals surface area contributed by atoms with E-state index < -0.39 is 29.2 Å². The van der Waals surface area contributed by atoms with Gasteiger partial charge in [0.2, 0.25) is 11.8 Å². The van der Waals surface area contributed by atoms with Crippen LogP contribution >= 0.6 is 0 Å². The summed E-state index contributed by atoms with van der Waals surface area (Å²) in [7, 11) is 0. The quantitative estimate of drug-likeness (QED) is 0.0563. The first kappa shape index (κ1) is 46.3. The zero-order valence-electron chi connectivity index (χ0n) is 31.5. The highest BCUT2D eigenvalue weighted by Gasteiger charge is 2.27. The lowest BCUT2D eigenvalue weighted by Gasteiger charge is -2.24. The van der Waals surface area contributed by atoms with Gasteiger partial charge in [0.25, 0.3) is 0 Å². The van der Waals surface area contributed by atoms with E-state index in [1.165, 1.54) is 51.4 Å². The molecule has 1 unspecified atom stereocenters. The second-order valence-electron chi connectivity index (χ2n) is 14.6. The maximum atomic E-state index is 12.8. The second kappa shape index (κ2) is 28.0. The van der Waals surface area contributed by atoms with E-state index in [4.69, 9.17) is 24.1 Å². The molecule has 0 aliphatic heterocycles. The first-order valence-electron chi connectivity index (χ1n) is 18.5. The van der Waals surface area contributed by atoms with Gasteiger partial charge in [-0.25, -0.2) is 9.59 Å². The van der Waals surface area contributed by atoms with E-state index in [2.05, 4.69) is 10.6 Å². The van der Waals surface area contributed by atoms with Gasteiger partial charge < -0.3 is 34.7 Å². The molecular formula is C37H68N2O10. The third kappa shape index (κ3) is 33.5. The Morgan fingerprint density at radius 3 is 1.53 bits per heavy atom. The summed E-state index contributed by atoms with van der Waals surface area (Å²) in [5.74, 6) is -2.21. The predicted octanol–water partition coefficient (Wildman–Crippen LogP) is 6.41. The summed E-state index contributed by atoms with van der Waals surface area (Å²) in [5, 5.41) is 14.0. The molecule has 49 heavy (non-hydrogen) atoms. The number of rotatable bonds is 30. The summed E-state index contributed by atoms with van der Waals surface area (Å²) in [4.78, 5) is 59.8. The van der Waals surface area contributed by atoms with Gasteiger partial charge >= 0.3 is 17.9 Å². The molecule has 2 amide bonds. The van der Waals surface area contributed by atoms with Crippen molar-refractivity contribution in [3.63, 3.8) is 0 Å². The van der Waals surface area contributed by atoms with Gasteiger partial charge in [0, 0.05) is 25.8 Å². The zero-order chi connectivity index (χ0) is 37.0. The number of carbonyl (C=O) groups is 5. The minimum atomic E-state index is -1.05. The van der Waals surface area contributed by atoms with Crippen LogP contribution in [0.1, 0.15) is 157 Å². The lowest BCUT2D eigenvalue weighted by Crippen LogP contribution is -2.44. The van der Waals surface area contributed by atoms with Crippen molar-refractivity contribution in [3.8, 4) is 0 Å². The number of carbonyl (C=O) groups excluding carboxylic acids is 4. The SMILES string of the molecule is CC(C)(C)OC(=O)CCCCCCCCCCCCCCCCC(=O)NC(CCC(=O)NCCOCCOCC(=O)O)C(=O)OC(C)(C)C. The van der Waals surface area contributed by atoms with Crippen LogP contribution < -0.4 is 10.6 Å². The highest BCUT2D eigenvalue weighted by atomic mass is 16.6. The number of carboxylic acid groups (broad SMARTS) is 1. The number of ether oxygens (including phenoxy) is 4. The Hall–Kier alpha value is -2.73. The number of aliphatic carboxylic acids is 1. The van der Waals surface area contributed by atoms with E-state index in [0.717, 1.165) is 38.5 Å². The average Bonchev–Trinajstić information content (AvgIpc) is 2.98. The van der Waals surface area contributed by atoms with Gasteiger partial charge in [0.1, 0.15) is 23.9 Å².